The van der Waals surface area contributed by atoms with Crippen molar-refractivity contribution in [1.82, 2.24) is 14.9 Å². The van der Waals surface area contributed by atoms with E-state index in [-0.39, 0.29) is 5.91 Å². The first kappa shape index (κ1) is 19.1. The number of anilines is 1. The molecule has 2 heterocycles. The van der Waals surface area contributed by atoms with Crippen molar-refractivity contribution in [1.29, 1.82) is 0 Å². The zero-order valence-electron chi connectivity index (χ0n) is 16.8. The van der Waals surface area contributed by atoms with Crippen molar-refractivity contribution in [2.75, 3.05) is 38.2 Å². The number of aryl methyl sites for hydroxylation is 2. The molecule has 1 aromatic carbocycles. The van der Waals surface area contributed by atoms with Crippen LogP contribution < -0.4 is 9.64 Å². The quantitative estimate of drug-likeness (QED) is 0.829. The van der Waals surface area contributed by atoms with Crippen LogP contribution in [0.1, 0.15) is 47.2 Å². The highest BCUT2D eigenvalue weighted by atomic mass is 16.5. The number of rotatable bonds is 4. The third kappa shape index (κ3) is 4.04. The van der Waals surface area contributed by atoms with Crippen molar-refractivity contribution < 1.29 is 9.53 Å². The number of aromatic nitrogens is 2. The van der Waals surface area contributed by atoms with Crippen LogP contribution in [0.25, 0.3) is 0 Å². The van der Waals surface area contributed by atoms with Crippen molar-refractivity contribution in [3.8, 4) is 5.75 Å². The molecule has 1 amide bonds. The molecule has 1 aromatic heterocycles. The highest BCUT2D eigenvalue weighted by molar-refractivity contribution is 5.94. The Morgan fingerprint density at radius 2 is 1.67 bits per heavy atom. The van der Waals surface area contributed by atoms with Crippen LogP contribution >= 0.6 is 0 Å². The van der Waals surface area contributed by atoms with Gasteiger partial charge in [0.25, 0.3) is 5.91 Å². The van der Waals surface area contributed by atoms with Crippen molar-refractivity contribution in [2.24, 2.45) is 0 Å². The summed E-state index contributed by atoms with van der Waals surface area (Å²) in [4.78, 5) is 26.2. The molecule has 0 bridgehead atoms. The summed E-state index contributed by atoms with van der Waals surface area (Å²) in [6, 6.07) is 7.29. The SMILES string of the molecule is COc1ccc(C(=O)N2CCN(c3nc(C)nc(C)c3C(C)C)CC2)cc1. The number of carbonyl (C=O) groups excluding carboxylic acids is 1. The molecule has 0 saturated carbocycles. The normalized spacial score (nSPS) is 14.6. The Morgan fingerprint density at radius 3 is 2.22 bits per heavy atom. The summed E-state index contributed by atoms with van der Waals surface area (Å²) < 4.78 is 5.16. The molecule has 144 valence electrons. The molecular weight excluding hydrogens is 340 g/mol. The Hall–Kier alpha value is -2.63. The second kappa shape index (κ2) is 7.94. The summed E-state index contributed by atoms with van der Waals surface area (Å²) in [6.07, 6.45) is 0. The second-order valence-corrected chi connectivity index (χ2v) is 7.26. The zero-order valence-corrected chi connectivity index (χ0v) is 16.8. The first-order valence-electron chi connectivity index (χ1n) is 9.44. The van der Waals surface area contributed by atoms with Gasteiger partial charge in [-0.15, -0.1) is 0 Å². The van der Waals surface area contributed by atoms with Gasteiger partial charge in [0.1, 0.15) is 17.4 Å². The van der Waals surface area contributed by atoms with Gasteiger partial charge in [-0.05, 0) is 44.0 Å². The zero-order chi connectivity index (χ0) is 19.6. The van der Waals surface area contributed by atoms with Gasteiger partial charge in [0.15, 0.2) is 0 Å². The monoisotopic (exact) mass is 368 g/mol. The lowest BCUT2D eigenvalue weighted by atomic mass is 10.0. The number of carbonyl (C=O) groups is 1. The summed E-state index contributed by atoms with van der Waals surface area (Å²) in [5, 5.41) is 0. The van der Waals surface area contributed by atoms with E-state index in [4.69, 9.17) is 9.72 Å². The molecule has 1 aliphatic heterocycles. The van der Waals surface area contributed by atoms with E-state index >= 15 is 0 Å². The molecule has 6 nitrogen and oxygen atoms in total. The Morgan fingerprint density at radius 1 is 1.04 bits per heavy atom. The van der Waals surface area contributed by atoms with Crippen LogP contribution in [-0.4, -0.2) is 54.1 Å². The maximum atomic E-state index is 12.8. The first-order chi connectivity index (χ1) is 12.9. The number of hydrogen-bond acceptors (Lipinski definition) is 5. The molecule has 1 saturated heterocycles. The molecule has 6 heteroatoms. The molecule has 2 aromatic rings. The third-order valence-electron chi connectivity index (χ3n) is 5.01. The van der Waals surface area contributed by atoms with E-state index in [0.29, 0.717) is 24.6 Å². The highest BCUT2D eigenvalue weighted by Crippen LogP contribution is 2.29. The second-order valence-electron chi connectivity index (χ2n) is 7.26. The number of nitrogens with zero attached hydrogens (tertiary/aromatic N) is 4. The molecule has 1 fully saturated rings. The molecule has 3 rings (SSSR count). The molecule has 27 heavy (non-hydrogen) atoms. The lowest BCUT2D eigenvalue weighted by Gasteiger charge is -2.37. The summed E-state index contributed by atoms with van der Waals surface area (Å²) in [7, 11) is 1.62. The topological polar surface area (TPSA) is 58.6 Å². The highest BCUT2D eigenvalue weighted by Gasteiger charge is 2.26. The number of benzene rings is 1. The Labute approximate surface area is 161 Å². The smallest absolute Gasteiger partial charge is 0.253 e. The molecule has 0 atom stereocenters. The Kier molecular flexibility index (Phi) is 5.63. The van der Waals surface area contributed by atoms with Gasteiger partial charge in [0.05, 0.1) is 7.11 Å². The number of ether oxygens (including phenoxy) is 1. The minimum absolute atomic E-state index is 0.0661. The molecule has 0 N–H and O–H groups in total. The fourth-order valence-electron chi connectivity index (χ4n) is 3.66. The van der Waals surface area contributed by atoms with Crippen LogP contribution in [-0.2, 0) is 0 Å². The number of hydrogen-bond donors (Lipinski definition) is 0. The summed E-state index contributed by atoms with van der Waals surface area (Å²) in [5.74, 6) is 3.00. The van der Waals surface area contributed by atoms with Crippen molar-refractivity contribution in [2.45, 2.75) is 33.6 Å². The fraction of sp³-hybridized carbons (Fsp3) is 0.476. The predicted octanol–water partition coefficient (Wildman–Crippen LogP) is 3.19. The molecule has 0 radical (unpaired) electrons. The summed E-state index contributed by atoms with van der Waals surface area (Å²) in [6.45, 7) is 11.3. The van der Waals surface area contributed by atoms with Gasteiger partial charge < -0.3 is 14.5 Å². The average molecular weight is 368 g/mol. The van der Waals surface area contributed by atoms with Gasteiger partial charge in [-0.2, -0.15) is 0 Å². The minimum atomic E-state index is 0.0661. The van der Waals surface area contributed by atoms with E-state index in [1.807, 2.05) is 36.1 Å². The lowest BCUT2D eigenvalue weighted by molar-refractivity contribution is 0.0746. The van der Waals surface area contributed by atoms with E-state index in [1.54, 1.807) is 7.11 Å². The third-order valence-corrected chi connectivity index (χ3v) is 5.01. The number of amides is 1. The van der Waals surface area contributed by atoms with Crippen LogP contribution in [0, 0.1) is 13.8 Å². The number of methoxy groups -OCH3 is 1. The van der Waals surface area contributed by atoms with E-state index < -0.39 is 0 Å². The van der Waals surface area contributed by atoms with E-state index in [2.05, 4.69) is 30.7 Å². The summed E-state index contributed by atoms with van der Waals surface area (Å²) >= 11 is 0. The van der Waals surface area contributed by atoms with Crippen LogP contribution in [0.4, 0.5) is 5.82 Å². The van der Waals surface area contributed by atoms with Crippen LogP contribution in [0.3, 0.4) is 0 Å². The van der Waals surface area contributed by atoms with Gasteiger partial charge in [0, 0.05) is 43.0 Å². The van der Waals surface area contributed by atoms with E-state index in [1.165, 1.54) is 5.56 Å². The largest absolute Gasteiger partial charge is 0.497 e. The van der Waals surface area contributed by atoms with Gasteiger partial charge in [-0.25, -0.2) is 9.97 Å². The van der Waals surface area contributed by atoms with Crippen LogP contribution in [0.5, 0.6) is 5.75 Å². The van der Waals surface area contributed by atoms with Gasteiger partial charge >= 0.3 is 0 Å². The van der Waals surface area contributed by atoms with Gasteiger partial charge in [-0.3, -0.25) is 4.79 Å². The lowest BCUT2D eigenvalue weighted by Crippen LogP contribution is -2.49. The maximum Gasteiger partial charge on any atom is 0.253 e. The molecule has 0 spiro atoms. The fourth-order valence-corrected chi connectivity index (χ4v) is 3.66. The number of piperazine rings is 1. The maximum absolute atomic E-state index is 12.8. The molecular formula is C21H28N4O2. The van der Waals surface area contributed by atoms with E-state index in [9.17, 15) is 4.79 Å². The van der Waals surface area contributed by atoms with Crippen LogP contribution in [0.2, 0.25) is 0 Å². The van der Waals surface area contributed by atoms with E-state index in [0.717, 1.165) is 36.2 Å². The van der Waals surface area contributed by atoms with Crippen LogP contribution in [0.15, 0.2) is 24.3 Å². The molecule has 0 unspecified atom stereocenters. The van der Waals surface area contributed by atoms with Crippen molar-refractivity contribution in [3.63, 3.8) is 0 Å². The van der Waals surface area contributed by atoms with Gasteiger partial charge in [0.2, 0.25) is 0 Å². The summed E-state index contributed by atoms with van der Waals surface area (Å²) in [5.41, 5.74) is 2.95. The average Bonchev–Trinajstić information content (AvgIpc) is 2.66. The van der Waals surface area contributed by atoms with Crippen molar-refractivity contribution >= 4 is 11.7 Å². The standard InChI is InChI=1S/C21H28N4O2/c1-14(2)19-15(3)22-16(4)23-20(19)24-10-12-25(13-11-24)21(26)17-6-8-18(27-5)9-7-17/h6-9,14H,10-13H2,1-5H3. The Balaban J connectivity index is 1.73. The van der Waals surface area contributed by atoms with Crippen molar-refractivity contribution in [3.05, 3.63) is 46.9 Å². The predicted molar refractivity (Wildman–Crippen MR) is 107 cm³/mol. The molecule has 0 aliphatic carbocycles. The Bertz CT molecular complexity index is 810. The van der Waals surface area contributed by atoms with Gasteiger partial charge in [-0.1, -0.05) is 13.8 Å². The first-order valence-corrected chi connectivity index (χ1v) is 9.44. The molecule has 1 aliphatic rings. The minimum Gasteiger partial charge on any atom is -0.497 e.